The van der Waals surface area contributed by atoms with E-state index in [9.17, 15) is 4.79 Å². The number of nitrogens with two attached hydrogens (primary N) is 1. The lowest BCUT2D eigenvalue weighted by atomic mass is 10.1. The van der Waals surface area contributed by atoms with Gasteiger partial charge < -0.3 is 5.73 Å². The van der Waals surface area contributed by atoms with Crippen molar-refractivity contribution < 1.29 is 4.79 Å². The van der Waals surface area contributed by atoms with Gasteiger partial charge in [0.15, 0.2) is 0 Å². The molecule has 16 heavy (non-hydrogen) atoms. The second-order valence-electron chi connectivity index (χ2n) is 3.54. The molecule has 1 aromatic heterocycles. The molecule has 0 aliphatic heterocycles. The normalized spacial score (nSPS) is 10.0. The zero-order valence-electron chi connectivity index (χ0n) is 8.76. The zero-order valence-corrected chi connectivity index (χ0v) is 8.76. The van der Waals surface area contributed by atoms with Crippen LogP contribution in [-0.2, 0) is 11.2 Å². The molecule has 0 saturated carbocycles. The molecular weight excluding hydrogens is 200 g/mol. The number of aromatic nitrogens is 1. The topological polar surface area (TPSA) is 56.0 Å². The molecule has 3 nitrogen and oxygen atoms in total. The minimum Gasteiger partial charge on any atom is -0.369 e. The van der Waals surface area contributed by atoms with Crippen molar-refractivity contribution in [1.82, 2.24) is 4.98 Å². The Hall–Kier alpha value is -2.16. The molecule has 1 amide bonds. The summed E-state index contributed by atoms with van der Waals surface area (Å²) < 4.78 is 0. The molecule has 1 heterocycles. The van der Waals surface area contributed by atoms with E-state index >= 15 is 0 Å². The SMILES string of the molecule is NC(=O)Cc1cc(-c2ccccc2)ccn1. The molecule has 0 saturated heterocycles. The van der Waals surface area contributed by atoms with Crippen molar-refractivity contribution in [2.45, 2.75) is 6.42 Å². The molecule has 3 heteroatoms. The fraction of sp³-hybridized carbons (Fsp3) is 0.0769. The Morgan fingerprint density at radius 2 is 1.88 bits per heavy atom. The van der Waals surface area contributed by atoms with Gasteiger partial charge in [0.1, 0.15) is 0 Å². The number of amides is 1. The van der Waals surface area contributed by atoms with Gasteiger partial charge in [0, 0.05) is 6.20 Å². The summed E-state index contributed by atoms with van der Waals surface area (Å²) in [4.78, 5) is 14.9. The smallest absolute Gasteiger partial charge is 0.223 e. The quantitative estimate of drug-likeness (QED) is 0.843. The molecule has 0 spiro atoms. The van der Waals surface area contributed by atoms with Crippen LogP contribution in [0.4, 0.5) is 0 Å². The molecule has 80 valence electrons. The van der Waals surface area contributed by atoms with E-state index in [1.54, 1.807) is 6.20 Å². The third-order valence-electron chi connectivity index (χ3n) is 2.28. The maximum atomic E-state index is 10.8. The van der Waals surface area contributed by atoms with Crippen LogP contribution in [0.3, 0.4) is 0 Å². The van der Waals surface area contributed by atoms with Gasteiger partial charge in [-0.15, -0.1) is 0 Å². The van der Waals surface area contributed by atoms with Crippen molar-refractivity contribution >= 4 is 5.91 Å². The van der Waals surface area contributed by atoms with Gasteiger partial charge in [-0.3, -0.25) is 9.78 Å². The molecule has 0 radical (unpaired) electrons. The fourth-order valence-corrected chi connectivity index (χ4v) is 1.56. The number of carbonyl (C=O) groups excluding carboxylic acids is 1. The van der Waals surface area contributed by atoms with Crippen LogP contribution in [0.25, 0.3) is 11.1 Å². The maximum Gasteiger partial charge on any atom is 0.223 e. The lowest BCUT2D eigenvalue weighted by molar-refractivity contribution is -0.117. The Morgan fingerprint density at radius 3 is 2.56 bits per heavy atom. The third kappa shape index (κ3) is 2.45. The average molecular weight is 212 g/mol. The molecule has 0 unspecified atom stereocenters. The molecule has 0 fully saturated rings. The summed E-state index contributed by atoms with van der Waals surface area (Å²) in [5.74, 6) is -0.363. The summed E-state index contributed by atoms with van der Waals surface area (Å²) in [5, 5.41) is 0. The van der Waals surface area contributed by atoms with Crippen LogP contribution in [-0.4, -0.2) is 10.9 Å². The van der Waals surface area contributed by atoms with Crippen LogP contribution in [0.5, 0.6) is 0 Å². The highest BCUT2D eigenvalue weighted by atomic mass is 16.1. The van der Waals surface area contributed by atoms with Gasteiger partial charge in [-0.1, -0.05) is 30.3 Å². The summed E-state index contributed by atoms with van der Waals surface area (Å²) in [6.07, 6.45) is 1.88. The van der Waals surface area contributed by atoms with Crippen LogP contribution in [0.15, 0.2) is 48.7 Å². The van der Waals surface area contributed by atoms with E-state index in [0.717, 1.165) is 11.1 Å². The first-order valence-corrected chi connectivity index (χ1v) is 5.04. The number of hydrogen-bond acceptors (Lipinski definition) is 2. The van der Waals surface area contributed by atoms with Gasteiger partial charge in [0.25, 0.3) is 0 Å². The molecule has 0 atom stereocenters. The Balaban J connectivity index is 2.33. The third-order valence-corrected chi connectivity index (χ3v) is 2.28. The van der Waals surface area contributed by atoms with Crippen molar-refractivity contribution in [1.29, 1.82) is 0 Å². The first-order valence-electron chi connectivity index (χ1n) is 5.04. The number of pyridine rings is 1. The molecular formula is C13H12N2O. The predicted molar refractivity (Wildman–Crippen MR) is 62.6 cm³/mol. The van der Waals surface area contributed by atoms with Crippen molar-refractivity contribution in [3.05, 3.63) is 54.4 Å². The van der Waals surface area contributed by atoms with Crippen molar-refractivity contribution in [3.63, 3.8) is 0 Å². The monoisotopic (exact) mass is 212 g/mol. The van der Waals surface area contributed by atoms with E-state index in [4.69, 9.17) is 5.73 Å². The van der Waals surface area contributed by atoms with E-state index in [1.165, 1.54) is 0 Å². The highest BCUT2D eigenvalue weighted by Gasteiger charge is 2.02. The van der Waals surface area contributed by atoms with Crippen LogP contribution in [0.1, 0.15) is 5.69 Å². The predicted octanol–water partition coefficient (Wildman–Crippen LogP) is 1.78. The number of rotatable bonds is 3. The number of nitrogens with zero attached hydrogens (tertiary/aromatic N) is 1. The first kappa shape index (κ1) is 10.4. The van der Waals surface area contributed by atoms with E-state index in [-0.39, 0.29) is 12.3 Å². The molecule has 0 aliphatic rings. The van der Waals surface area contributed by atoms with Crippen LogP contribution >= 0.6 is 0 Å². The Morgan fingerprint density at radius 1 is 1.12 bits per heavy atom. The zero-order chi connectivity index (χ0) is 11.4. The second-order valence-corrected chi connectivity index (χ2v) is 3.54. The second kappa shape index (κ2) is 4.57. The van der Waals surface area contributed by atoms with Crippen molar-refractivity contribution in [3.8, 4) is 11.1 Å². The Bertz CT molecular complexity index is 494. The summed E-state index contributed by atoms with van der Waals surface area (Å²) in [6, 6.07) is 13.8. The van der Waals surface area contributed by atoms with Gasteiger partial charge in [-0.05, 0) is 23.3 Å². The molecule has 0 bridgehead atoms. The van der Waals surface area contributed by atoms with E-state index in [1.807, 2.05) is 42.5 Å². The lowest BCUT2D eigenvalue weighted by Crippen LogP contribution is -2.14. The van der Waals surface area contributed by atoms with Crippen molar-refractivity contribution in [2.75, 3.05) is 0 Å². The minimum atomic E-state index is -0.363. The van der Waals surface area contributed by atoms with Gasteiger partial charge >= 0.3 is 0 Å². The standard InChI is InChI=1S/C13H12N2O/c14-13(16)9-12-8-11(6-7-15-12)10-4-2-1-3-5-10/h1-8H,9H2,(H2,14,16). The van der Waals surface area contributed by atoms with Gasteiger partial charge in [0.2, 0.25) is 5.91 Å². The summed E-state index contributed by atoms with van der Waals surface area (Å²) in [7, 11) is 0. The first-order chi connectivity index (χ1) is 7.75. The molecule has 2 aromatic rings. The maximum absolute atomic E-state index is 10.8. The molecule has 2 N–H and O–H groups in total. The van der Waals surface area contributed by atoms with Crippen LogP contribution in [0.2, 0.25) is 0 Å². The van der Waals surface area contributed by atoms with Gasteiger partial charge in [0.05, 0.1) is 12.1 Å². The van der Waals surface area contributed by atoms with Crippen molar-refractivity contribution in [2.24, 2.45) is 5.73 Å². The van der Waals surface area contributed by atoms with Crippen LogP contribution in [0, 0.1) is 0 Å². The lowest BCUT2D eigenvalue weighted by Gasteiger charge is -2.03. The number of benzene rings is 1. The minimum absolute atomic E-state index is 0.181. The average Bonchev–Trinajstić information content (AvgIpc) is 2.30. The Labute approximate surface area is 93.9 Å². The summed E-state index contributed by atoms with van der Waals surface area (Å²) in [5.41, 5.74) is 7.99. The number of primary amides is 1. The molecule has 1 aromatic carbocycles. The van der Waals surface area contributed by atoms with E-state index in [0.29, 0.717) is 5.69 Å². The summed E-state index contributed by atoms with van der Waals surface area (Å²) in [6.45, 7) is 0. The van der Waals surface area contributed by atoms with E-state index in [2.05, 4.69) is 4.98 Å². The number of hydrogen-bond donors (Lipinski definition) is 1. The fourth-order valence-electron chi connectivity index (χ4n) is 1.56. The number of carbonyl (C=O) groups is 1. The van der Waals surface area contributed by atoms with Gasteiger partial charge in [-0.2, -0.15) is 0 Å². The highest BCUT2D eigenvalue weighted by molar-refractivity contribution is 5.76. The molecule has 2 rings (SSSR count). The highest BCUT2D eigenvalue weighted by Crippen LogP contribution is 2.18. The van der Waals surface area contributed by atoms with Crippen LogP contribution < -0.4 is 5.73 Å². The summed E-state index contributed by atoms with van der Waals surface area (Å²) >= 11 is 0. The largest absolute Gasteiger partial charge is 0.369 e. The Kier molecular flexibility index (Phi) is 2.96. The van der Waals surface area contributed by atoms with E-state index < -0.39 is 0 Å². The molecule has 0 aliphatic carbocycles. The van der Waals surface area contributed by atoms with Gasteiger partial charge in [-0.25, -0.2) is 0 Å².